The third kappa shape index (κ3) is 6.08. The molecule has 1 heterocycles. The Labute approximate surface area is 217 Å². The monoisotopic (exact) mass is 505 g/mol. The smallest absolute Gasteiger partial charge is 0.305 e. The molecule has 188 valence electrons. The molecule has 0 saturated heterocycles. The molecule has 1 amide bonds. The maximum atomic E-state index is 13.5. The van der Waals surface area contributed by atoms with Crippen LogP contribution in [-0.4, -0.2) is 34.0 Å². The molecule has 5 nitrogen and oxygen atoms in total. The number of halogens is 1. The second kappa shape index (κ2) is 10.8. The Bertz CT molecular complexity index is 1250. The van der Waals surface area contributed by atoms with Gasteiger partial charge in [0.05, 0.1) is 6.42 Å². The molecule has 4 rings (SSSR count). The van der Waals surface area contributed by atoms with Crippen LogP contribution in [0.4, 0.5) is 0 Å². The number of carboxylic acid groups (broad SMARTS) is 1. The second-order valence-corrected chi connectivity index (χ2v) is 10.5. The van der Waals surface area contributed by atoms with Crippen LogP contribution in [0.15, 0.2) is 66.7 Å². The lowest BCUT2D eigenvalue weighted by Crippen LogP contribution is -2.33. The maximum absolute atomic E-state index is 13.5. The van der Waals surface area contributed by atoms with Crippen molar-refractivity contribution in [3.8, 4) is 5.75 Å². The third-order valence-corrected chi connectivity index (χ3v) is 7.02. The largest absolute Gasteiger partial charge is 0.487 e. The highest BCUT2D eigenvalue weighted by Crippen LogP contribution is 2.38. The average Bonchev–Trinajstić information content (AvgIpc) is 3.17. The van der Waals surface area contributed by atoms with Crippen LogP contribution in [0.3, 0.4) is 0 Å². The molecule has 0 spiro atoms. The van der Waals surface area contributed by atoms with Gasteiger partial charge in [0, 0.05) is 36.5 Å². The average molecular weight is 506 g/mol. The van der Waals surface area contributed by atoms with Gasteiger partial charge in [-0.15, -0.1) is 0 Å². The third-order valence-electron chi connectivity index (χ3n) is 6.65. The van der Waals surface area contributed by atoms with Crippen molar-refractivity contribution in [2.45, 2.75) is 58.1 Å². The van der Waals surface area contributed by atoms with E-state index in [1.807, 2.05) is 30.3 Å². The number of carbonyl (C=O) groups excluding carboxylic acids is 1. The Morgan fingerprint density at radius 2 is 1.81 bits per heavy atom. The summed E-state index contributed by atoms with van der Waals surface area (Å²) in [4.78, 5) is 26.2. The van der Waals surface area contributed by atoms with Crippen LogP contribution in [0, 0.1) is 0 Å². The van der Waals surface area contributed by atoms with E-state index in [-0.39, 0.29) is 25.4 Å². The van der Waals surface area contributed by atoms with Crippen molar-refractivity contribution in [2.24, 2.45) is 0 Å². The zero-order valence-electron chi connectivity index (χ0n) is 21.0. The van der Waals surface area contributed by atoms with E-state index in [0.29, 0.717) is 22.9 Å². The van der Waals surface area contributed by atoms with E-state index in [0.717, 1.165) is 23.3 Å². The Balaban J connectivity index is 1.51. The molecule has 0 fully saturated rings. The molecule has 6 heteroatoms. The first-order valence-electron chi connectivity index (χ1n) is 12.3. The molecule has 1 aliphatic rings. The zero-order chi connectivity index (χ0) is 25.9. The quantitative estimate of drug-likeness (QED) is 0.359. The Kier molecular flexibility index (Phi) is 7.70. The van der Waals surface area contributed by atoms with E-state index in [1.54, 1.807) is 17.0 Å². The summed E-state index contributed by atoms with van der Waals surface area (Å²) in [6.07, 6.45) is 1.31. The van der Waals surface area contributed by atoms with Gasteiger partial charge < -0.3 is 14.7 Å². The Hall–Kier alpha value is -3.31. The number of aliphatic carboxylic acids is 1. The highest BCUT2D eigenvalue weighted by Gasteiger charge is 2.35. The molecule has 0 bridgehead atoms. The van der Waals surface area contributed by atoms with Crippen LogP contribution in [0.25, 0.3) is 0 Å². The van der Waals surface area contributed by atoms with E-state index in [1.165, 1.54) is 11.1 Å². The van der Waals surface area contributed by atoms with Gasteiger partial charge in [-0.05, 0) is 59.4 Å². The second-order valence-electron chi connectivity index (χ2n) is 10.1. The van der Waals surface area contributed by atoms with Gasteiger partial charge in [0.15, 0.2) is 0 Å². The van der Waals surface area contributed by atoms with Crippen molar-refractivity contribution in [1.82, 2.24) is 4.90 Å². The molecular weight excluding hydrogens is 474 g/mol. The standard InChI is InChI=1S/C30H32ClNO4/c1-20(2)22-10-8-21(9-11-22)17-30(3)18-25-16-23(12-13-27(25)36-30)29(35)32(15-14-28(33)34)19-24-6-4-5-7-26(24)31/h4-13,16,20H,14-15,17-19H2,1-3H3,(H,33,34). The molecule has 1 unspecified atom stereocenters. The summed E-state index contributed by atoms with van der Waals surface area (Å²) in [5.41, 5.74) is 4.40. The maximum Gasteiger partial charge on any atom is 0.305 e. The normalized spacial score (nSPS) is 16.5. The number of rotatable bonds is 9. The minimum atomic E-state index is -0.952. The summed E-state index contributed by atoms with van der Waals surface area (Å²) in [6, 6.07) is 21.4. The van der Waals surface area contributed by atoms with Crippen molar-refractivity contribution in [2.75, 3.05) is 6.54 Å². The van der Waals surface area contributed by atoms with Crippen LogP contribution in [-0.2, 0) is 24.2 Å². The lowest BCUT2D eigenvalue weighted by atomic mass is 9.90. The summed E-state index contributed by atoms with van der Waals surface area (Å²) in [5, 5.41) is 9.75. The first-order valence-corrected chi connectivity index (χ1v) is 12.7. The first kappa shape index (κ1) is 25.8. The van der Waals surface area contributed by atoms with Crippen LogP contribution in [0.1, 0.15) is 65.7 Å². The minimum absolute atomic E-state index is 0.0943. The summed E-state index contributed by atoms with van der Waals surface area (Å²) >= 11 is 6.31. The number of hydrogen-bond donors (Lipinski definition) is 1. The van der Waals surface area contributed by atoms with Gasteiger partial charge in [0.2, 0.25) is 0 Å². The number of carboxylic acids is 1. The van der Waals surface area contributed by atoms with E-state index < -0.39 is 11.6 Å². The van der Waals surface area contributed by atoms with Crippen LogP contribution >= 0.6 is 11.6 Å². The fourth-order valence-electron chi connectivity index (χ4n) is 4.70. The molecule has 0 aromatic heterocycles. The first-order chi connectivity index (χ1) is 17.1. The molecular formula is C30H32ClNO4. The lowest BCUT2D eigenvalue weighted by Gasteiger charge is -2.24. The molecule has 0 aliphatic carbocycles. The number of carbonyl (C=O) groups is 2. The lowest BCUT2D eigenvalue weighted by molar-refractivity contribution is -0.137. The van der Waals surface area contributed by atoms with Crippen molar-refractivity contribution >= 4 is 23.5 Å². The highest BCUT2D eigenvalue weighted by atomic mass is 35.5. The Morgan fingerprint density at radius 1 is 1.08 bits per heavy atom. The van der Waals surface area contributed by atoms with Gasteiger partial charge in [0.1, 0.15) is 11.4 Å². The van der Waals surface area contributed by atoms with Gasteiger partial charge >= 0.3 is 5.97 Å². The van der Waals surface area contributed by atoms with Crippen LogP contribution in [0.2, 0.25) is 5.02 Å². The van der Waals surface area contributed by atoms with Crippen molar-refractivity contribution in [3.05, 3.63) is 99.6 Å². The van der Waals surface area contributed by atoms with E-state index >= 15 is 0 Å². The number of hydrogen-bond acceptors (Lipinski definition) is 3. The fraction of sp³-hybridized carbons (Fsp3) is 0.333. The van der Waals surface area contributed by atoms with Crippen LogP contribution < -0.4 is 4.74 Å². The number of ether oxygens (including phenoxy) is 1. The van der Waals surface area contributed by atoms with E-state index in [9.17, 15) is 14.7 Å². The number of nitrogens with zero attached hydrogens (tertiary/aromatic N) is 1. The summed E-state index contributed by atoms with van der Waals surface area (Å²) in [5.74, 6) is 0.102. The van der Waals surface area contributed by atoms with Crippen molar-refractivity contribution < 1.29 is 19.4 Å². The van der Waals surface area contributed by atoms with Crippen LogP contribution in [0.5, 0.6) is 5.75 Å². The molecule has 1 aliphatic heterocycles. The highest BCUT2D eigenvalue weighted by molar-refractivity contribution is 6.31. The fourth-order valence-corrected chi connectivity index (χ4v) is 4.90. The number of fused-ring (bicyclic) bond motifs is 1. The van der Waals surface area contributed by atoms with Gasteiger partial charge in [-0.2, -0.15) is 0 Å². The molecule has 36 heavy (non-hydrogen) atoms. The minimum Gasteiger partial charge on any atom is -0.487 e. The Morgan fingerprint density at radius 3 is 2.47 bits per heavy atom. The predicted molar refractivity (Wildman–Crippen MR) is 142 cm³/mol. The van der Waals surface area contributed by atoms with Crippen molar-refractivity contribution in [3.63, 3.8) is 0 Å². The van der Waals surface area contributed by atoms with E-state index in [2.05, 4.69) is 45.0 Å². The van der Waals surface area contributed by atoms with Gasteiger partial charge in [-0.1, -0.05) is 67.9 Å². The van der Waals surface area contributed by atoms with Gasteiger partial charge in [0.25, 0.3) is 5.91 Å². The van der Waals surface area contributed by atoms with Gasteiger partial charge in [-0.3, -0.25) is 9.59 Å². The van der Waals surface area contributed by atoms with Gasteiger partial charge in [-0.25, -0.2) is 0 Å². The molecule has 1 atom stereocenters. The SMILES string of the molecule is CC(C)c1ccc(CC2(C)Cc3cc(C(=O)N(CCC(=O)O)Cc4ccccc4Cl)ccc3O2)cc1. The van der Waals surface area contributed by atoms with Crippen molar-refractivity contribution in [1.29, 1.82) is 0 Å². The topological polar surface area (TPSA) is 66.8 Å². The number of benzene rings is 3. The predicted octanol–water partition coefficient (Wildman–Crippen LogP) is 6.52. The summed E-state index contributed by atoms with van der Waals surface area (Å²) in [7, 11) is 0. The molecule has 3 aromatic rings. The summed E-state index contributed by atoms with van der Waals surface area (Å²) < 4.78 is 6.34. The molecule has 0 radical (unpaired) electrons. The number of amides is 1. The zero-order valence-corrected chi connectivity index (χ0v) is 21.7. The summed E-state index contributed by atoms with van der Waals surface area (Å²) in [6.45, 7) is 6.80. The molecule has 3 aromatic carbocycles. The molecule has 0 saturated carbocycles. The molecule has 1 N–H and O–H groups in total. The van der Waals surface area contributed by atoms with E-state index in [4.69, 9.17) is 16.3 Å².